The molecule has 0 unspecified atom stereocenters. The lowest BCUT2D eigenvalue weighted by atomic mass is 10.2. The molecule has 6 heteroatoms. The zero-order valence-corrected chi connectivity index (χ0v) is 17.4. The van der Waals surface area contributed by atoms with E-state index in [-0.39, 0.29) is 12.5 Å². The maximum atomic E-state index is 12.4. The van der Waals surface area contributed by atoms with E-state index in [1.54, 1.807) is 6.07 Å². The summed E-state index contributed by atoms with van der Waals surface area (Å²) in [5, 5.41) is 8.22. The van der Waals surface area contributed by atoms with E-state index in [9.17, 15) is 4.79 Å². The number of halogens is 1. The molecule has 0 radical (unpaired) electrons. The smallest absolute Gasteiger partial charge is 0.238 e. The van der Waals surface area contributed by atoms with Gasteiger partial charge in [-0.15, -0.1) is 0 Å². The Morgan fingerprint density at radius 3 is 2.54 bits per heavy atom. The number of hydrogen-bond donors (Lipinski definition) is 1. The van der Waals surface area contributed by atoms with Crippen molar-refractivity contribution in [3.05, 3.63) is 76.1 Å². The lowest BCUT2D eigenvalue weighted by Gasteiger charge is -2.17. The molecule has 0 saturated carbocycles. The number of carbonyl (C=O) groups excluding carboxylic acids is 1. The molecule has 0 bridgehead atoms. The predicted molar refractivity (Wildman–Crippen MR) is 114 cm³/mol. The van der Waals surface area contributed by atoms with Gasteiger partial charge in [-0.3, -0.25) is 9.69 Å². The Hall–Kier alpha value is -2.63. The second-order valence-electron chi connectivity index (χ2n) is 7.08. The first-order valence-corrected chi connectivity index (χ1v) is 9.58. The van der Waals surface area contributed by atoms with Crippen LogP contribution in [0.15, 0.2) is 48.5 Å². The average molecular weight is 397 g/mol. The highest BCUT2D eigenvalue weighted by atomic mass is 35.5. The lowest BCUT2D eigenvalue weighted by molar-refractivity contribution is -0.117. The number of amides is 1. The summed E-state index contributed by atoms with van der Waals surface area (Å²) in [5.74, 6) is -0.0758. The fourth-order valence-electron chi connectivity index (χ4n) is 3.17. The number of likely N-dealkylation sites (N-methyl/N-ethyl adjacent to an activating group) is 1. The minimum absolute atomic E-state index is 0.0758. The van der Waals surface area contributed by atoms with Crippen molar-refractivity contribution < 1.29 is 4.79 Å². The van der Waals surface area contributed by atoms with E-state index in [4.69, 9.17) is 11.6 Å². The van der Waals surface area contributed by atoms with Crippen LogP contribution in [0.2, 0.25) is 5.02 Å². The molecule has 0 atom stereocenters. The van der Waals surface area contributed by atoms with Gasteiger partial charge in [0.1, 0.15) is 0 Å². The Bertz CT molecular complexity index is 982. The first-order valence-electron chi connectivity index (χ1n) is 9.20. The number of rotatable bonds is 6. The van der Waals surface area contributed by atoms with Gasteiger partial charge in [0.25, 0.3) is 0 Å². The summed E-state index contributed by atoms with van der Waals surface area (Å²) >= 11 is 6.13. The number of nitrogens with one attached hydrogen (secondary N) is 1. The van der Waals surface area contributed by atoms with Crippen LogP contribution in [0.5, 0.6) is 0 Å². The molecule has 1 N–H and O–H groups in total. The monoisotopic (exact) mass is 396 g/mol. The Balaban J connectivity index is 1.66. The molecule has 28 heavy (non-hydrogen) atoms. The zero-order chi connectivity index (χ0) is 20.3. The van der Waals surface area contributed by atoms with E-state index in [2.05, 4.69) is 17.3 Å². The normalized spacial score (nSPS) is 11.1. The van der Waals surface area contributed by atoms with E-state index in [1.807, 2.05) is 72.9 Å². The first-order chi connectivity index (χ1) is 13.3. The quantitative estimate of drug-likeness (QED) is 0.666. The fourth-order valence-corrected chi connectivity index (χ4v) is 3.35. The van der Waals surface area contributed by atoms with Gasteiger partial charge < -0.3 is 5.32 Å². The van der Waals surface area contributed by atoms with Gasteiger partial charge in [-0.25, -0.2) is 4.68 Å². The van der Waals surface area contributed by atoms with E-state index in [0.717, 1.165) is 28.2 Å². The molecule has 2 aromatic carbocycles. The molecule has 0 aliphatic rings. The summed E-state index contributed by atoms with van der Waals surface area (Å²) in [5.41, 5.74) is 5.92. The number of hydrogen-bond acceptors (Lipinski definition) is 3. The maximum Gasteiger partial charge on any atom is 0.238 e. The lowest BCUT2D eigenvalue weighted by Crippen LogP contribution is -2.30. The van der Waals surface area contributed by atoms with Crippen molar-refractivity contribution in [2.75, 3.05) is 18.9 Å². The number of para-hydroxylation sites is 1. The fraction of sp³-hybridized carbons (Fsp3) is 0.273. The molecule has 0 fully saturated rings. The van der Waals surface area contributed by atoms with Crippen LogP contribution in [0.1, 0.15) is 22.5 Å². The van der Waals surface area contributed by atoms with Gasteiger partial charge in [-0.05, 0) is 57.6 Å². The third-order valence-corrected chi connectivity index (χ3v) is 5.15. The molecule has 3 aromatic rings. The van der Waals surface area contributed by atoms with Crippen LogP contribution < -0.4 is 5.32 Å². The second-order valence-corrected chi connectivity index (χ2v) is 7.49. The van der Waals surface area contributed by atoms with Gasteiger partial charge in [0.2, 0.25) is 5.91 Å². The molecule has 5 nitrogen and oxygen atoms in total. The predicted octanol–water partition coefficient (Wildman–Crippen LogP) is 4.52. The Labute approximate surface area is 170 Å². The van der Waals surface area contributed by atoms with E-state index < -0.39 is 0 Å². The van der Waals surface area contributed by atoms with Crippen molar-refractivity contribution in [3.8, 4) is 5.69 Å². The number of carbonyl (C=O) groups is 1. The number of benzene rings is 2. The standard InChI is InChI=1S/C22H25ClN4O/c1-15-10-11-18(12-21(15)23)24-22(28)14-26(4)13-20-16(2)25-27(17(20)3)19-8-6-5-7-9-19/h5-12H,13-14H2,1-4H3,(H,24,28). The minimum Gasteiger partial charge on any atom is -0.325 e. The highest BCUT2D eigenvalue weighted by Crippen LogP contribution is 2.21. The maximum absolute atomic E-state index is 12.4. The van der Waals surface area contributed by atoms with Crippen molar-refractivity contribution in [2.45, 2.75) is 27.3 Å². The van der Waals surface area contributed by atoms with Gasteiger partial charge in [0.15, 0.2) is 0 Å². The molecular formula is C22H25ClN4O. The number of aromatic nitrogens is 2. The largest absolute Gasteiger partial charge is 0.325 e. The van der Waals surface area contributed by atoms with Crippen LogP contribution in [0.25, 0.3) is 5.69 Å². The molecule has 1 amide bonds. The molecule has 0 aliphatic heterocycles. The summed E-state index contributed by atoms with van der Waals surface area (Å²) in [7, 11) is 1.93. The van der Waals surface area contributed by atoms with Crippen LogP contribution >= 0.6 is 11.6 Å². The third-order valence-electron chi connectivity index (χ3n) is 4.74. The number of aryl methyl sites for hydroxylation is 2. The first kappa shape index (κ1) is 20.1. The van der Waals surface area contributed by atoms with Crippen molar-refractivity contribution in [2.24, 2.45) is 0 Å². The van der Waals surface area contributed by atoms with Crippen LogP contribution in [-0.2, 0) is 11.3 Å². The van der Waals surface area contributed by atoms with Gasteiger partial charge in [0.05, 0.1) is 17.9 Å². The van der Waals surface area contributed by atoms with E-state index in [1.165, 1.54) is 0 Å². The molecule has 146 valence electrons. The van der Waals surface area contributed by atoms with Crippen molar-refractivity contribution in [1.29, 1.82) is 0 Å². The molecule has 0 saturated heterocycles. The summed E-state index contributed by atoms with van der Waals surface area (Å²) in [6, 6.07) is 15.6. The topological polar surface area (TPSA) is 50.2 Å². The van der Waals surface area contributed by atoms with Crippen molar-refractivity contribution in [1.82, 2.24) is 14.7 Å². The third kappa shape index (κ3) is 4.61. The number of anilines is 1. The highest BCUT2D eigenvalue weighted by Gasteiger charge is 2.16. The van der Waals surface area contributed by atoms with Crippen LogP contribution in [-0.4, -0.2) is 34.2 Å². The van der Waals surface area contributed by atoms with Gasteiger partial charge in [-0.1, -0.05) is 35.9 Å². The minimum atomic E-state index is -0.0758. The Morgan fingerprint density at radius 2 is 1.86 bits per heavy atom. The summed E-state index contributed by atoms with van der Waals surface area (Å²) in [4.78, 5) is 14.4. The molecule has 1 heterocycles. The van der Waals surface area contributed by atoms with E-state index in [0.29, 0.717) is 17.3 Å². The van der Waals surface area contributed by atoms with Crippen LogP contribution in [0.3, 0.4) is 0 Å². The molecule has 0 aliphatic carbocycles. The summed E-state index contributed by atoms with van der Waals surface area (Å²) in [6.07, 6.45) is 0. The second kappa shape index (κ2) is 8.59. The molecular weight excluding hydrogens is 372 g/mol. The number of nitrogens with zero attached hydrogens (tertiary/aromatic N) is 3. The summed E-state index contributed by atoms with van der Waals surface area (Å²) < 4.78 is 1.95. The van der Waals surface area contributed by atoms with Crippen LogP contribution in [0.4, 0.5) is 5.69 Å². The molecule has 3 rings (SSSR count). The average Bonchev–Trinajstić information content (AvgIpc) is 2.93. The van der Waals surface area contributed by atoms with Crippen molar-refractivity contribution in [3.63, 3.8) is 0 Å². The highest BCUT2D eigenvalue weighted by molar-refractivity contribution is 6.31. The van der Waals surface area contributed by atoms with Gasteiger partial charge >= 0.3 is 0 Å². The van der Waals surface area contributed by atoms with Gasteiger partial charge in [-0.2, -0.15) is 5.10 Å². The Kier molecular flexibility index (Phi) is 6.17. The van der Waals surface area contributed by atoms with Crippen molar-refractivity contribution >= 4 is 23.2 Å². The Morgan fingerprint density at radius 1 is 1.14 bits per heavy atom. The van der Waals surface area contributed by atoms with Crippen LogP contribution in [0, 0.1) is 20.8 Å². The SMILES string of the molecule is Cc1ccc(NC(=O)CN(C)Cc2c(C)nn(-c3ccccc3)c2C)cc1Cl. The summed E-state index contributed by atoms with van der Waals surface area (Å²) in [6.45, 7) is 6.92. The zero-order valence-electron chi connectivity index (χ0n) is 16.7. The van der Waals surface area contributed by atoms with E-state index >= 15 is 0 Å². The molecule has 0 spiro atoms. The molecule has 1 aromatic heterocycles. The van der Waals surface area contributed by atoms with Gasteiger partial charge in [0, 0.05) is 28.5 Å².